The topological polar surface area (TPSA) is 140 Å². The lowest BCUT2D eigenvalue weighted by atomic mass is 9.40. The fourth-order valence-electron chi connectivity index (χ4n) is 9.55. The van der Waals surface area contributed by atoms with E-state index in [0.717, 1.165) is 5.57 Å². The first-order valence-electron chi connectivity index (χ1n) is 15.7. The summed E-state index contributed by atoms with van der Waals surface area (Å²) in [5.74, 6) is -2.51. The SMILES string of the molecule is C/C=C(\C)C(=O)O[C@@H]1C[C@]2(C)C(=CC[C@H]2C2=C[C@H]([C@H](O)C(C)(C)O)OC2=O)[C@]2(C)[C@H](O)C[C@H]3C(C)(C)OC(=O)C=C[C@]3(C)[C@@H]12. The quantitative estimate of drug-likeness (QED) is 0.181. The lowest BCUT2D eigenvalue weighted by Gasteiger charge is -2.66. The van der Waals surface area contributed by atoms with Crippen molar-refractivity contribution in [1.29, 1.82) is 0 Å². The Hall–Kier alpha value is -2.75. The van der Waals surface area contributed by atoms with Crippen LogP contribution in [-0.4, -0.2) is 68.8 Å². The highest BCUT2D eigenvalue weighted by Gasteiger charge is 2.71. The summed E-state index contributed by atoms with van der Waals surface area (Å²) in [5.41, 5.74) is -2.82. The Bertz CT molecular complexity index is 1380. The van der Waals surface area contributed by atoms with E-state index in [1.54, 1.807) is 26.0 Å². The molecule has 0 amide bonds. The highest BCUT2D eigenvalue weighted by molar-refractivity contribution is 5.92. The van der Waals surface area contributed by atoms with Crippen LogP contribution in [-0.2, 0) is 28.6 Å². The van der Waals surface area contributed by atoms with Crippen molar-refractivity contribution in [2.24, 2.45) is 34.0 Å². The van der Waals surface area contributed by atoms with Gasteiger partial charge in [0.05, 0.1) is 11.7 Å². The molecule has 2 fully saturated rings. The van der Waals surface area contributed by atoms with E-state index in [1.165, 1.54) is 19.9 Å². The zero-order chi connectivity index (χ0) is 32.8. The Kier molecular flexibility index (Phi) is 7.71. The maximum atomic E-state index is 13.4. The average Bonchev–Trinajstić information content (AvgIpc) is 3.44. The zero-order valence-electron chi connectivity index (χ0n) is 27.3. The predicted octanol–water partition coefficient (Wildman–Crippen LogP) is 4.11. The van der Waals surface area contributed by atoms with Crippen LogP contribution in [0.2, 0.25) is 0 Å². The number of fused-ring (bicyclic) bond motifs is 5. The number of aliphatic hydroxyl groups is 3. The number of carbonyl (C=O) groups excluding carboxylic acids is 3. The van der Waals surface area contributed by atoms with Gasteiger partial charge in [0.15, 0.2) is 0 Å². The summed E-state index contributed by atoms with van der Waals surface area (Å²) in [4.78, 5) is 39.4. The first-order chi connectivity index (χ1) is 20.2. The van der Waals surface area contributed by atoms with Gasteiger partial charge in [-0.1, -0.05) is 44.6 Å². The van der Waals surface area contributed by atoms with E-state index in [0.29, 0.717) is 30.4 Å². The average molecular weight is 613 g/mol. The van der Waals surface area contributed by atoms with Crippen molar-refractivity contribution in [1.82, 2.24) is 0 Å². The molecule has 10 atom stereocenters. The highest BCUT2D eigenvalue weighted by atomic mass is 16.6. The van der Waals surface area contributed by atoms with Crippen LogP contribution in [0.15, 0.2) is 47.1 Å². The van der Waals surface area contributed by atoms with E-state index in [4.69, 9.17) is 14.2 Å². The first kappa shape index (κ1) is 32.6. The van der Waals surface area contributed by atoms with Crippen molar-refractivity contribution in [3.63, 3.8) is 0 Å². The maximum Gasteiger partial charge on any atom is 0.334 e. The molecule has 0 aromatic rings. The molecule has 0 spiro atoms. The minimum absolute atomic E-state index is 0.270. The smallest absolute Gasteiger partial charge is 0.334 e. The fraction of sp³-hybridized carbons (Fsp3) is 0.686. The fourth-order valence-corrected chi connectivity index (χ4v) is 9.55. The van der Waals surface area contributed by atoms with Gasteiger partial charge in [-0.05, 0) is 77.7 Å². The third-order valence-corrected chi connectivity index (χ3v) is 11.8. The summed E-state index contributed by atoms with van der Waals surface area (Å²) in [6.45, 7) is 16.3. The number of esters is 3. The minimum atomic E-state index is -1.49. The summed E-state index contributed by atoms with van der Waals surface area (Å²) < 4.78 is 17.8. The van der Waals surface area contributed by atoms with E-state index < -0.39 is 75.7 Å². The van der Waals surface area contributed by atoms with E-state index >= 15 is 0 Å². The number of rotatable bonds is 5. The number of aliphatic hydroxyl groups excluding tert-OH is 2. The number of allylic oxidation sites excluding steroid dienone is 3. The van der Waals surface area contributed by atoms with Gasteiger partial charge in [-0.3, -0.25) is 0 Å². The molecule has 5 aliphatic rings. The van der Waals surface area contributed by atoms with E-state index in [2.05, 4.69) is 19.9 Å². The Morgan fingerprint density at radius 1 is 1.18 bits per heavy atom. The van der Waals surface area contributed by atoms with E-state index in [-0.39, 0.29) is 11.8 Å². The van der Waals surface area contributed by atoms with Gasteiger partial charge in [-0.2, -0.15) is 0 Å². The van der Waals surface area contributed by atoms with Gasteiger partial charge in [0.25, 0.3) is 0 Å². The number of carbonyl (C=O) groups is 3. The Labute approximate surface area is 260 Å². The zero-order valence-corrected chi connectivity index (χ0v) is 27.3. The van der Waals surface area contributed by atoms with Crippen LogP contribution in [0.3, 0.4) is 0 Å². The van der Waals surface area contributed by atoms with E-state index in [9.17, 15) is 29.7 Å². The molecular weight excluding hydrogens is 564 g/mol. The first-order valence-corrected chi connectivity index (χ1v) is 15.7. The van der Waals surface area contributed by atoms with Crippen molar-refractivity contribution in [2.45, 2.75) is 117 Å². The summed E-state index contributed by atoms with van der Waals surface area (Å²) in [6, 6.07) is 0. The number of ether oxygens (including phenoxy) is 3. The molecule has 9 heteroatoms. The third kappa shape index (κ3) is 4.72. The van der Waals surface area contributed by atoms with Gasteiger partial charge in [0.2, 0.25) is 0 Å². The van der Waals surface area contributed by atoms with Crippen LogP contribution in [0.4, 0.5) is 0 Å². The normalized spacial score (nSPS) is 42.1. The molecule has 3 aliphatic carbocycles. The van der Waals surface area contributed by atoms with Crippen molar-refractivity contribution < 1.29 is 43.9 Å². The molecule has 0 aromatic heterocycles. The molecule has 2 aliphatic heterocycles. The van der Waals surface area contributed by atoms with Crippen molar-refractivity contribution in [2.75, 3.05) is 0 Å². The van der Waals surface area contributed by atoms with Crippen LogP contribution in [0.25, 0.3) is 0 Å². The number of hydrogen-bond donors (Lipinski definition) is 3. The van der Waals surface area contributed by atoms with Crippen molar-refractivity contribution >= 4 is 17.9 Å². The Balaban J connectivity index is 1.65. The maximum absolute atomic E-state index is 13.4. The third-order valence-electron chi connectivity index (χ3n) is 11.8. The predicted molar refractivity (Wildman–Crippen MR) is 162 cm³/mol. The second-order valence-electron chi connectivity index (χ2n) is 15.3. The number of cyclic esters (lactones) is 2. The Morgan fingerprint density at radius 3 is 2.45 bits per heavy atom. The lowest BCUT2D eigenvalue weighted by Crippen LogP contribution is -2.67. The molecule has 9 nitrogen and oxygen atoms in total. The molecule has 44 heavy (non-hydrogen) atoms. The van der Waals surface area contributed by atoms with Crippen molar-refractivity contribution in [3.8, 4) is 0 Å². The van der Waals surface area contributed by atoms with Crippen LogP contribution in [0.1, 0.15) is 81.6 Å². The molecule has 5 rings (SSSR count). The molecule has 2 heterocycles. The molecule has 0 radical (unpaired) electrons. The molecule has 0 aromatic carbocycles. The second kappa shape index (κ2) is 10.4. The summed E-state index contributed by atoms with van der Waals surface area (Å²) in [7, 11) is 0. The van der Waals surface area contributed by atoms with Crippen LogP contribution in [0.5, 0.6) is 0 Å². The largest absolute Gasteiger partial charge is 0.459 e. The van der Waals surface area contributed by atoms with Gasteiger partial charge in [0, 0.05) is 40.4 Å². The second-order valence-corrected chi connectivity index (χ2v) is 15.3. The molecule has 2 saturated carbocycles. The van der Waals surface area contributed by atoms with Gasteiger partial charge in [-0.15, -0.1) is 0 Å². The van der Waals surface area contributed by atoms with Gasteiger partial charge in [0.1, 0.15) is 23.9 Å². The van der Waals surface area contributed by atoms with E-state index in [1.807, 2.05) is 26.8 Å². The molecule has 0 saturated heterocycles. The van der Waals surface area contributed by atoms with Gasteiger partial charge in [-0.25, -0.2) is 14.4 Å². The number of hydrogen-bond acceptors (Lipinski definition) is 9. The molecule has 0 bridgehead atoms. The summed E-state index contributed by atoms with van der Waals surface area (Å²) in [6.07, 6.45) is 6.13. The standard InChI is InChI=1S/C35H48O9/c1-10-18(2)29(39)43-22-17-34(8)20(19-15-21(42-30(19)40)28(38)31(3,4)41)11-12-23(34)35(9)25(36)16-24-32(5,6)44-26(37)13-14-33(24,7)27(22)35/h10,12-15,20-22,24-25,27-28,36,38,41H,11,16-17H2,1-9H3/b18-10+/t20-,21+,22+,24-,25+,27+,28-,33-,34-,35+/m0/s1. The Morgan fingerprint density at radius 2 is 1.84 bits per heavy atom. The van der Waals surface area contributed by atoms with Gasteiger partial charge < -0.3 is 29.5 Å². The molecule has 0 unspecified atom stereocenters. The van der Waals surface area contributed by atoms with Crippen LogP contribution < -0.4 is 0 Å². The molecule has 242 valence electrons. The van der Waals surface area contributed by atoms with Crippen LogP contribution >= 0.6 is 0 Å². The van der Waals surface area contributed by atoms with Crippen LogP contribution in [0, 0.1) is 34.0 Å². The molecular formula is C35H48O9. The highest BCUT2D eigenvalue weighted by Crippen LogP contribution is 2.71. The monoisotopic (exact) mass is 612 g/mol. The molecule has 3 N–H and O–H groups in total. The minimum Gasteiger partial charge on any atom is -0.459 e. The van der Waals surface area contributed by atoms with Gasteiger partial charge >= 0.3 is 17.9 Å². The lowest BCUT2D eigenvalue weighted by molar-refractivity contribution is -0.216. The summed E-state index contributed by atoms with van der Waals surface area (Å²) in [5, 5.41) is 33.3. The summed E-state index contributed by atoms with van der Waals surface area (Å²) >= 11 is 0. The van der Waals surface area contributed by atoms with Crippen molar-refractivity contribution in [3.05, 3.63) is 47.1 Å².